The van der Waals surface area contributed by atoms with Crippen LogP contribution in [-0.2, 0) is 0 Å². The number of halogens is 3. The first-order valence-electron chi connectivity index (χ1n) is 7.81. The average Bonchev–Trinajstić information content (AvgIpc) is 3.38. The van der Waals surface area contributed by atoms with Crippen molar-refractivity contribution in [3.05, 3.63) is 30.0 Å². The first-order valence-corrected chi connectivity index (χ1v) is 7.81. The van der Waals surface area contributed by atoms with Gasteiger partial charge in [0, 0.05) is 17.7 Å². The Balaban J connectivity index is 1.88. The van der Waals surface area contributed by atoms with Gasteiger partial charge in [-0.3, -0.25) is 0 Å². The van der Waals surface area contributed by atoms with Crippen LogP contribution in [-0.4, -0.2) is 45.2 Å². The molecule has 0 spiro atoms. The van der Waals surface area contributed by atoms with Crippen molar-refractivity contribution in [1.82, 2.24) is 24.6 Å². The van der Waals surface area contributed by atoms with Gasteiger partial charge in [0.25, 0.3) is 0 Å². The molecular formula is C16H14F3N5O2. The third-order valence-electron chi connectivity index (χ3n) is 4.40. The molecule has 0 N–H and O–H groups in total. The highest BCUT2D eigenvalue weighted by molar-refractivity contribution is 5.67. The molecule has 0 bridgehead atoms. The maximum Gasteiger partial charge on any atom is 0.319 e. The summed E-state index contributed by atoms with van der Waals surface area (Å²) >= 11 is 0. The van der Waals surface area contributed by atoms with Gasteiger partial charge in [0.2, 0.25) is 18.3 Å². The molecule has 1 saturated carbocycles. The third kappa shape index (κ3) is 2.61. The summed E-state index contributed by atoms with van der Waals surface area (Å²) < 4.78 is 51.3. The van der Waals surface area contributed by atoms with E-state index >= 15 is 0 Å². The molecule has 1 aliphatic carbocycles. The summed E-state index contributed by atoms with van der Waals surface area (Å²) in [5, 5.41) is 4.20. The van der Waals surface area contributed by atoms with E-state index in [0.29, 0.717) is 23.2 Å². The standard InChI is InChI=1S/C16H14F3N5O2/c1-25-15-10(5-21-16(22-15)26-2)11-4-9(7-3-8(7)13(18)19)14-20-6-12(17)24(14)23-11/h4-8,13H,3H2,1-2H3/t7-,8-/m0/s1. The van der Waals surface area contributed by atoms with Crippen molar-refractivity contribution >= 4 is 5.65 Å². The highest BCUT2D eigenvalue weighted by Crippen LogP contribution is 2.52. The Morgan fingerprint density at radius 2 is 2.00 bits per heavy atom. The summed E-state index contributed by atoms with van der Waals surface area (Å²) in [7, 11) is 2.82. The molecule has 10 heteroatoms. The fourth-order valence-corrected chi connectivity index (χ4v) is 3.00. The number of alkyl halides is 2. The molecule has 0 aliphatic heterocycles. The van der Waals surface area contributed by atoms with Crippen molar-refractivity contribution in [3.63, 3.8) is 0 Å². The van der Waals surface area contributed by atoms with Crippen molar-refractivity contribution in [2.45, 2.75) is 18.8 Å². The number of methoxy groups -OCH3 is 2. The Kier molecular flexibility index (Phi) is 3.89. The summed E-state index contributed by atoms with van der Waals surface area (Å²) in [4.78, 5) is 12.1. The van der Waals surface area contributed by atoms with Gasteiger partial charge >= 0.3 is 6.01 Å². The van der Waals surface area contributed by atoms with Crippen LogP contribution in [0.4, 0.5) is 13.2 Å². The number of nitrogens with zero attached hydrogens (tertiary/aromatic N) is 5. The molecule has 0 unspecified atom stereocenters. The van der Waals surface area contributed by atoms with Gasteiger partial charge in [-0.05, 0) is 18.4 Å². The first-order chi connectivity index (χ1) is 12.5. The van der Waals surface area contributed by atoms with Crippen LogP contribution in [0.1, 0.15) is 17.9 Å². The van der Waals surface area contributed by atoms with Gasteiger partial charge in [0.1, 0.15) is 0 Å². The van der Waals surface area contributed by atoms with Crippen LogP contribution in [0.3, 0.4) is 0 Å². The molecule has 0 saturated heterocycles. The van der Waals surface area contributed by atoms with Crippen molar-refractivity contribution in [3.8, 4) is 23.1 Å². The van der Waals surface area contributed by atoms with E-state index in [9.17, 15) is 13.2 Å². The van der Waals surface area contributed by atoms with E-state index < -0.39 is 24.2 Å². The average molecular weight is 365 g/mol. The van der Waals surface area contributed by atoms with Gasteiger partial charge in [-0.2, -0.15) is 19.0 Å². The van der Waals surface area contributed by atoms with Crippen LogP contribution in [0.15, 0.2) is 18.5 Å². The van der Waals surface area contributed by atoms with Gasteiger partial charge in [0.15, 0.2) is 5.65 Å². The van der Waals surface area contributed by atoms with E-state index in [1.807, 2.05) is 0 Å². The smallest absolute Gasteiger partial charge is 0.319 e. The van der Waals surface area contributed by atoms with Crippen molar-refractivity contribution in [1.29, 1.82) is 0 Å². The molecular weight excluding hydrogens is 351 g/mol. The van der Waals surface area contributed by atoms with Crippen LogP contribution in [0.2, 0.25) is 0 Å². The maximum absolute atomic E-state index is 14.1. The molecule has 1 fully saturated rings. The third-order valence-corrected chi connectivity index (χ3v) is 4.40. The molecule has 0 aromatic carbocycles. The Hall–Kier alpha value is -2.91. The summed E-state index contributed by atoms with van der Waals surface area (Å²) in [6.07, 6.45) is 0.323. The van der Waals surface area contributed by atoms with Gasteiger partial charge < -0.3 is 9.47 Å². The zero-order valence-corrected chi connectivity index (χ0v) is 13.9. The predicted octanol–water partition coefficient (Wildman–Crippen LogP) is 2.71. The first kappa shape index (κ1) is 16.6. The van der Waals surface area contributed by atoms with Crippen LogP contribution >= 0.6 is 0 Å². The molecule has 26 heavy (non-hydrogen) atoms. The minimum atomic E-state index is -2.43. The highest BCUT2D eigenvalue weighted by atomic mass is 19.3. The van der Waals surface area contributed by atoms with Crippen LogP contribution in [0, 0.1) is 11.9 Å². The van der Waals surface area contributed by atoms with Crippen molar-refractivity contribution in [2.75, 3.05) is 14.2 Å². The minimum Gasteiger partial charge on any atom is -0.480 e. The lowest BCUT2D eigenvalue weighted by molar-refractivity contribution is 0.120. The molecule has 3 heterocycles. The number of imidazole rings is 1. The summed E-state index contributed by atoms with van der Waals surface area (Å²) in [5.74, 6) is -1.67. The zero-order valence-electron chi connectivity index (χ0n) is 13.9. The number of hydrogen-bond acceptors (Lipinski definition) is 6. The van der Waals surface area contributed by atoms with E-state index in [1.165, 1.54) is 20.4 Å². The maximum atomic E-state index is 14.1. The highest BCUT2D eigenvalue weighted by Gasteiger charge is 2.46. The molecule has 136 valence electrons. The molecule has 0 radical (unpaired) electrons. The van der Waals surface area contributed by atoms with Gasteiger partial charge in [-0.1, -0.05) is 0 Å². The Bertz CT molecular complexity index is 978. The molecule has 0 amide bonds. The second-order valence-electron chi connectivity index (χ2n) is 5.92. The second kappa shape index (κ2) is 6.11. The fourth-order valence-electron chi connectivity index (χ4n) is 3.00. The number of ether oxygens (including phenoxy) is 2. The quantitative estimate of drug-likeness (QED) is 0.692. The molecule has 4 rings (SSSR count). The molecule has 2 atom stereocenters. The Labute approximate surface area is 145 Å². The van der Waals surface area contributed by atoms with Crippen LogP contribution in [0.25, 0.3) is 16.9 Å². The largest absolute Gasteiger partial charge is 0.480 e. The van der Waals surface area contributed by atoms with Gasteiger partial charge in [-0.15, -0.1) is 0 Å². The van der Waals surface area contributed by atoms with E-state index in [2.05, 4.69) is 20.1 Å². The molecule has 1 aliphatic rings. The van der Waals surface area contributed by atoms with Crippen LogP contribution < -0.4 is 9.47 Å². The molecule has 3 aromatic heterocycles. The Morgan fingerprint density at radius 1 is 1.19 bits per heavy atom. The number of fused-ring (bicyclic) bond motifs is 1. The van der Waals surface area contributed by atoms with Crippen LogP contribution in [0.5, 0.6) is 11.9 Å². The van der Waals surface area contributed by atoms with E-state index in [-0.39, 0.29) is 17.5 Å². The van der Waals surface area contributed by atoms with Gasteiger partial charge in [-0.25, -0.2) is 18.7 Å². The molecule has 7 nitrogen and oxygen atoms in total. The predicted molar refractivity (Wildman–Crippen MR) is 83.9 cm³/mol. The van der Waals surface area contributed by atoms with Gasteiger partial charge in [0.05, 0.1) is 31.7 Å². The lowest BCUT2D eigenvalue weighted by Crippen LogP contribution is -2.05. The van der Waals surface area contributed by atoms with Crippen molar-refractivity contribution in [2.24, 2.45) is 5.92 Å². The Morgan fingerprint density at radius 3 is 2.65 bits per heavy atom. The second-order valence-corrected chi connectivity index (χ2v) is 5.92. The summed E-state index contributed by atoms with van der Waals surface area (Å²) in [5.41, 5.74) is 1.43. The summed E-state index contributed by atoms with van der Waals surface area (Å²) in [6.45, 7) is 0. The normalized spacial score (nSPS) is 19.2. The van der Waals surface area contributed by atoms with E-state index in [1.54, 1.807) is 6.07 Å². The summed E-state index contributed by atoms with van der Waals surface area (Å²) in [6, 6.07) is 1.71. The van der Waals surface area contributed by atoms with E-state index in [0.717, 1.165) is 10.7 Å². The number of hydrogen-bond donors (Lipinski definition) is 0. The monoisotopic (exact) mass is 365 g/mol. The van der Waals surface area contributed by atoms with Crippen molar-refractivity contribution < 1.29 is 22.6 Å². The number of rotatable bonds is 5. The topological polar surface area (TPSA) is 74.4 Å². The SMILES string of the molecule is COc1ncc(-c2cc([C@H]3C[C@@H]3C(F)F)c3ncc(F)n3n2)c(OC)n1. The lowest BCUT2D eigenvalue weighted by Gasteiger charge is -2.10. The fraction of sp³-hybridized carbons (Fsp3) is 0.375. The number of aromatic nitrogens is 5. The minimum absolute atomic E-state index is 0.0978. The zero-order chi connectivity index (χ0) is 18.4. The molecule has 3 aromatic rings. The van der Waals surface area contributed by atoms with E-state index in [4.69, 9.17) is 9.47 Å². The lowest BCUT2D eigenvalue weighted by atomic mass is 10.1.